The molecule has 0 aromatic carbocycles. The number of amides is 1. The topological polar surface area (TPSA) is 55.1 Å². The number of nitrogens with one attached hydrogen (secondary N) is 1. The number of carbonyl (C=O) groups is 1. The number of hydrogen-bond donors (Lipinski definition) is 2. The first-order valence-electron chi connectivity index (χ1n) is 5.78. The Morgan fingerprint density at radius 2 is 2.44 bits per heavy atom. The van der Waals surface area contributed by atoms with Crippen molar-refractivity contribution in [1.82, 2.24) is 5.32 Å². The smallest absolute Gasteiger partial charge is 0.236 e. The van der Waals surface area contributed by atoms with Gasteiger partial charge in [0.05, 0.1) is 6.04 Å². The van der Waals surface area contributed by atoms with E-state index in [9.17, 15) is 4.79 Å². The summed E-state index contributed by atoms with van der Waals surface area (Å²) in [6.07, 6.45) is 3.76. The van der Waals surface area contributed by atoms with Crippen molar-refractivity contribution < 1.29 is 4.79 Å². The van der Waals surface area contributed by atoms with Gasteiger partial charge in [-0.05, 0) is 35.2 Å². The molecule has 1 aromatic rings. The molecule has 4 heteroatoms. The minimum Gasteiger partial charge on any atom is -0.354 e. The largest absolute Gasteiger partial charge is 0.354 e. The van der Waals surface area contributed by atoms with Gasteiger partial charge in [0.25, 0.3) is 0 Å². The van der Waals surface area contributed by atoms with Crippen molar-refractivity contribution in [3.63, 3.8) is 0 Å². The molecule has 3 nitrogen and oxygen atoms in total. The van der Waals surface area contributed by atoms with E-state index in [0.29, 0.717) is 6.54 Å². The molecule has 3 N–H and O–H groups in total. The lowest BCUT2D eigenvalue weighted by Crippen LogP contribution is -2.41. The number of thiophene rings is 1. The standard InChI is InChI=1S/C12H20N2OS/c1-2-3-4-11(13)12(15)14-7-5-10-6-8-16-9-10/h6,8-9,11H,2-5,7,13H2,1H3,(H,14,15). The molecule has 0 saturated heterocycles. The summed E-state index contributed by atoms with van der Waals surface area (Å²) in [4.78, 5) is 11.5. The van der Waals surface area contributed by atoms with Gasteiger partial charge in [0, 0.05) is 6.54 Å². The zero-order valence-corrected chi connectivity index (χ0v) is 10.6. The van der Waals surface area contributed by atoms with Crippen molar-refractivity contribution in [3.8, 4) is 0 Å². The summed E-state index contributed by atoms with van der Waals surface area (Å²) >= 11 is 1.68. The van der Waals surface area contributed by atoms with Crippen molar-refractivity contribution in [1.29, 1.82) is 0 Å². The Bertz CT molecular complexity index is 298. The lowest BCUT2D eigenvalue weighted by molar-refractivity contribution is -0.122. The summed E-state index contributed by atoms with van der Waals surface area (Å²) in [6.45, 7) is 2.77. The Kier molecular flexibility index (Phi) is 6.11. The number of carbonyl (C=O) groups excluding carboxylic acids is 1. The molecular formula is C12H20N2OS. The molecular weight excluding hydrogens is 220 g/mol. The van der Waals surface area contributed by atoms with Crippen LogP contribution in [0.2, 0.25) is 0 Å². The first kappa shape index (κ1) is 13.2. The predicted molar refractivity (Wildman–Crippen MR) is 68.5 cm³/mol. The highest BCUT2D eigenvalue weighted by molar-refractivity contribution is 7.07. The summed E-state index contributed by atoms with van der Waals surface area (Å²) < 4.78 is 0. The quantitative estimate of drug-likeness (QED) is 0.765. The lowest BCUT2D eigenvalue weighted by Gasteiger charge is -2.11. The van der Waals surface area contributed by atoms with Gasteiger partial charge in [-0.1, -0.05) is 19.8 Å². The first-order valence-corrected chi connectivity index (χ1v) is 6.72. The maximum absolute atomic E-state index is 11.5. The average Bonchev–Trinajstić information content (AvgIpc) is 2.78. The molecule has 1 aromatic heterocycles. The van der Waals surface area contributed by atoms with E-state index in [0.717, 1.165) is 25.7 Å². The van der Waals surface area contributed by atoms with Crippen LogP contribution in [-0.2, 0) is 11.2 Å². The van der Waals surface area contributed by atoms with E-state index in [-0.39, 0.29) is 11.9 Å². The van der Waals surface area contributed by atoms with Crippen LogP contribution in [0.4, 0.5) is 0 Å². The van der Waals surface area contributed by atoms with E-state index in [2.05, 4.69) is 23.7 Å². The van der Waals surface area contributed by atoms with Crippen LogP contribution in [0.1, 0.15) is 31.7 Å². The molecule has 90 valence electrons. The Labute approximate surface area is 101 Å². The fraction of sp³-hybridized carbons (Fsp3) is 0.583. The lowest BCUT2D eigenvalue weighted by atomic mass is 10.1. The highest BCUT2D eigenvalue weighted by Crippen LogP contribution is 2.05. The third-order valence-electron chi connectivity index (χ3n) is 2.50. The van der Waals surface area contributed by atoms with Crippen LogP contribution >= 0.6 is 11.3 Å². The van der Waals surface area contributed by atoms with E-state index >= 15 is 0 Å². The molecule has 0 aliphatic rings. The molecule has 16 heavy (non-hydrogen) atoms. The monoisotopic (exact) mass is 240 g/mol. The highest BCUT2D eigenvalue weighted by Gasteiger charge is 2.11. The molecule has 1 atom stereocenters. The SMILES string of the molecule is CCCCC(N)C(=O)NCCc1ccsc1. The van der Waals surface area contributed by atoms with Gasteiger partial charge in [-0.25, -0.2) is 0 Å². The molecule has 0 bridgehead atoms. The molecule has 1 unspecified atom stereocenters. The summed E-state index contributed by atoms with van der Waals surface area (Å²) in [6, 6.07) is 1.73. The number of unbranched alkanes of at least 4 members (excludes halogenated alkanes) is 1. The van der Waals surface area contributed by atoms with Crippen molar-refractivity contribution in [2.75, 3.05) is 6.54 Å². The van der Waals surface area contributed by atoms with Gasteiger partial charge in [0.15, 0.2) is 0 Å². The normalized spacial score (nSPS) is 12.4. The number of nitrogens with two attached hydrogens (primary N) is 1. The van der Waals surface area contributed by atoms with E-state index < -0.39 is 0 Å². The second kappa shape index (κ2) is 7.41. The maximum atomic E-state index is 11.5. The average molecular weight is 240 g/mol. The summed E-state index contributed by atoms with van der Waals surface area (Å²) in [7, 11) is 0. The predicted octanol–water partition coefficient (Wildman–Crippen LogP) is 1.92. The van der Waals surface area contributed by atoms with Crippen LogP contribution in [-0.4, -0.2) is 18.5 Å². The molecule has 0 saturated carbocycles. The van der Waals surface area contributed by atoms with Crippen LogP contribution in [0.25, 0.3) is 0 Å². The molecule has 1 rings (SSSR count). The van der Waals surface area contributed by atoms with E-state index in [4.69, 9.17) is 5.73 Å². The van der Waals surface area contributed by atoms with Crippen LogP contribution in [0.5, 0.6) is 0 Å². The third-order valence-corrected chi connectivity index (χ3v) is 3.23. The zero-order chi connectivity index (χ0) is 11.8. The molecule has 1 amide bonds. The number of rotatable bonds is 7. The molecule has 0 aliphatic carbocycles. The van der Waals surface area contributed by atoms with Crippen LogP contribution in [0.15, 0.2) is 16.8 Å². The van der Waals surface area contributed by atoms with Crippen molar-refractivity contribution in [3.05, 3.63) is 22.4 Å². The molecule has 1 heterocycles. The molecule has 0 radical (unpaired) electrons. The van der Waals surface area contributed by atoms with E-state index in [1.807, 2.05) is 5.38 Å². The first-order chi connectivity index (χ1) is 7.74. The molecule has 0 aliphatic heterocycles. The van der Waals surface area contributed by atoms with Gasteiger partial charge in [0.2, 0.25) is 5.91 Å². The summed E-state index contributed by atoms with van der Waals surface area (Å²) in [5.74, 6) is -0.0244. The van der Waals surface area contributed by atoms with Crippen LogP contribution in [0.3, 0.4) is 0 Å². The Morgan fingerprint density at radius 1 is 1.62 bits per heavy atom. The Hall–Kier alpha value is -0.870. The van der Waals surface area contributed by atoms with Gasteiger partial charge in [-0.15, -0.1) is 0 Å². The van der Waals surface area contributed by atoms with Crippen molar-refractivity contribution in [2.24, 2.45) is 5.73 Å². The van der Waals surface area contributed by atoms with Crippen LogP contribution in [0, 0.1) is 0 Å². The third kappa shape index (κ3) is 4.77. The van der Waals surface area contributed by atoms with E-state index in [1.165, 1.54) is 5.56 Å². The summed E-state index contributed by atoms with van der Waals surface area (Å²) in [5, 5.41) is 7.02. The van der Waals surface area contributed by atoms with Gasteiger partial charge in [-0.3, -0.25) is 4.79 Å². The Balaban J connectivity index is 2.14. The zero-order valence-electron chi connectivity index (χ0n) is 9.74. The summed E-state index contributed by atoms with van der Waals surface area (Å²) in [5.41, 5.74) is 7.02. The molecule has 0 spiro atoms. The molecule has 0 fully saturated rings. The fourth-order valence-electron chi connectivity index (χ4n) is 1.45. The highest BCUT2D eigenvalue weighted by atomic mass is 32.1. The minimum absolute atomic E-state index is 0.0244. The van der Waals surface area contributed by atoms with Crippen molar-refractivity contribution >= 4 is 17.2 Å². The minimum atomic E-state index is -0.345. The van der Waals surface area contributed by atoms with E-state index in [1.54, 1.807) is 11.3 Å². The second-order valence-corrected chi connectivity index (χ2v) is 4.70. The second-order valence-electron chi connectivity index (χ2n) is 3.92. The van der Waals surface area contributed by atoms with Crippen molar-refractivity contribution in [2.45, 2.75) is 38.6 Å². The Morgan fingerprint density at radius 3 is 3.06 bits per heavy atom. The fourth-order valence-corrected chi connectivity index (χ4v) is 2.15. The van der Waals surface area contributed by atoms with Crippen LogP contribution < -0.4 is 11.1 Å². The maximum Gasteiger partial charge on any atom is 0.236 e. The van der Waals surface area contributed by atoms with Gasteiger partial charge in [0.1, 0.15) is 0 Å². The van der Waals surface area contributed by atoms with Gasteiger partial charge < -0.3 is 11.1 Å². The van der Waals surface area contributed by atoms with Gasteiger partial charge in [-0.2, -0.15) is 11.3 Å². The van der Waals surface area contributed by atoms with Gasteiger partial charge >= 0.3 is 0 Å². The number of hydrogen-bond acceptors (Lipinski definition) is 3.